The van der Waals surface area contributed by atoms with Crippen LogP contribution in [0.25, 0.3) is 6.08 Å². The molecular weight excluding hydrogens is 300 g/mol. The second-order valence-electron chi connectivity index (χ2n) is 4.91. The summed E-state index contributed by atoms with van der Waals surface area (Å²) in [4.78, 5) is 14.0. The lowest BCUT2D eigenvalue weighted by atomic mass is 10.1. The first-order chi connectivity index (χ1) is 10.6. The Morgan fingerprint density at radius 2 is 2.09 bits per heavy atom. The van der Waals surface area contributed by atoms with Crippen LogP contribution in [0.1, 0.15) is 25.3 Å². The highest BCUT2D eigenvalue weighted by Crippen LogP contribution is 2.27. The van der Waals surface area contributed by atoms with Crippen LogP contribution in [-0.4, -0.2) is 36.7 Å². The zero-order valence-corrected chi connectivity index (χ0v) is 13.8. The smallest absolute Gasteiger partial charge is 0.276 e. The third kappa shape index (κ3) is 3.39. The van der Waals surface area contributed by atoms with E-state index in [0.29, 0.717) is 28.9 Å². The monoisotopic (exact) mass is 320 g/mol. The fourth-order valence-corrected chi connectivity index (χ4v) is 2.48. The number of methoxy groups -OCH3 is 2. The Hall–Kier alpha value is -2.08. The van der Waals surface area contributed by atoms with Gasteiger partial charge in [-0.3, -0.25) is 9.69 Å². The molecule has 1 aliphatic rings. The van der Waals surface area contributed by atoms with E-state index < -0.39 is 0 Å². The van der Waals surface area contributed by atoms with E-state index in [-0.39, 0.29) is 5.91 Å². The van der Waals surface area contributed by atoms with Gasteiger partial charge in [-0.15, -0.1) is 0 Å². The summed E-state index contributed by atoms with van der Waals surface area (Å²) in [7, 11) is 3.19. The third-order valence-corrected chi connectivity index (χ3v) is 3.76. The SMILES string of the molecule is CCCCN1C(=O)/C(=C\c2cc(OC)ccc2OC)NC1=S. The molecule has 1 N–H and O–H groups in total. The number of amides is 1. The number of ether oxygens (including phenoxy) is 2. The van der Waals surface area contributed by atoms with Crippen LogP contribution in [0.15, 0.2) is 23.9 Å². The molecule has 1 saturated heterocycles. The molecule has 1 aliphatic heterocycles. The summed E-state index contributed by atoms with van der Waals surface area (Å²) in [6.07, 6.45) is 3.67. The van der Waals surface area contributed by atoms with Crippen molar-refractivity contribution < 1.29 is 14.3 Å². The molecule has 1 fully saturated rings. The Bertz CT molecular complexity index is 613. The maximum atomic E-state index is 12.4. The minimum Gasteiger partial charge on any atom is -0.497 e. The van der Waals surface area contributed by atoms with Gasteiger partial charge in [-0.05, 0) is 42.9 Å². The fraction of sp³-hybridized carbons (Fsp3) is 0.375. The normalized spacial score (nSPS) is 16.1. The first-order valence-corrected chi connectivity index (χ1v) is 7.58. The van der Waals surface area contributed by atoms with Crippen molar-refractivity contribution in [3.63, 3.8) is 0 Å². The molecule has 0 radical (unpaired) electrons. The van der Waals surface area contributed by atoms with Crippen LogP contribution < -0.4 is 14.8 Å². The number of nitrogens with one attached hydrogen (secondary N) is 1. The van der Waals surface area contributed by atoms with E-state index in [0.717, 1.165) is 18.4 Å². The number of unbranched alkanes of at least 4 members (excludes halogenated alkanes) is 1. The summed E-state index contributed by atoms with van der Waals surface area (Å²) in [6.45, 7) is 2.71. The lowest BCUT2D eigenvalue weighted by molar-refractivity contribution is -0.122. The Kier molecular flexibility index (Phi) is 5.38. The van der Waals surface area contributed by atoms with E-state index in [4.69, 9.17) is 21.7 Å². The molecule has 1 aromatic rings. The number of hydrogen-bond acceptors (Lipinski definition) is 4. The van der Waals surface area contributed by atoms with E-state index in [9.17, 15) is 4.79 Å². The van der Waals surface area contributed by atoms with Crippen molar-refractivity contribution in [3.05, 3.63) is 29.5 Å². The van der Waals surface area contributed by atoms with Crippen molar-refractivity contribution in [3.8, 4) is 11.5 Å². The largest absolute Gasteiger partial charge is 0.497 e. The number of nitrogens with zero attached hydrogens (tertiary/aromatic N) is 1. The summed E-state index contributed by atoms with van der Waals surface area (Å²) in [5.74, 6) is 1.26. The molecule has 2 rings (SSSR count). The van der Waals surface area contributed by atoms with Crippen LogP contribution in [0.4, 0.5) is 0 Å². The summed E-state index contributed by atoms with van der Waals surface area (Å²) in [6, 6.07) is 5.43. The van der Waals surface area contributed by atoms with E-state index in [2.05, 4.69) is 12.2 Å². The zero-order valence-electron chi connectivity index (χ0n) is 13.0. The molecule has 0 bridgehead atoms. The van der Waals surface area contributed by atoms with Gasteiger partial charge in [0.1, 0.15) is 17.2 Å². The average molecular weight is 320 g/mol. The number of benzene rings is 1. The van der Waals surface area contributed by atoms with Crippen LogP contribution in [0, 0.1) is 0 Å². The van der Waals surface area contributed by atoms with Crippen molar-refractivity contribution >= 4 is 29.3 Å². The minimum absolute atomic E-state index is 0.108. The Morgan fingerprint density at radius 3 is 2.73 bits per heavy atom. The van der Waals surface area contributed by atoms with Gasteiger partial charge in [0.05, 0.1) is 14.2 Å². The summed E-state index contributed by atoms with van der Waals surface area (Å²) < 4.78 is 10.5. The first kappa shape index (κ1) is 16.3. The molecule has 0 unspecified atom stereocenters. The van der Waals surface area contributed by atoms with Gasteiger partial charge in [-0.25, -0.2) is 0 Å². The van der Waals surface area contributed by atoms with E-state index in [1.54, 1.807) is 31.3 Å². The maximum absolute atomic E-state index is 12.4. The van der Waals surface area contributed by atoms with Crippen molar-refractivity contribution in [2.75, 3.05) is 20.8 Å². The van der Waals surface area contributed by atoms with Gasteiger partial charge in [0.15, 0.2) is 5.11 Å². The number of hydrogen-bond donors (Lipinski definition) is 1. The van der Waals surface area contributed by atoms with Crippen LogP contribution in [-0.2, 0) is 4.79 Å². The molecule has 5 nitrogen and oxygen atoms in total. The van der Waals surface area contributed by atoms with E-state index in [1.165, 1.54) is 0 Å². The quantitative estimate of drug-likeness (QED) is 0.645. The Labute approximate surface area is 135 Å². The van der Waals surface area contributed by atoms with Crippen LogP contribution in [0.5, 0.6) is 11.5 Å². The highest BCUT2D eigenvalue weighted by atomic mass is 32.1. The van der Waals surface area contributed by atoms with E-state index >= 15 is 0 Å². The maximum Gasteiger partial charge on any atom is 0.276 e. The molecular formula is C16H20N2O3S. The summed E-state index contributed by atoms with van der Waals surface area (Å²) in [5, 5.41) is 3.42. The van der Waals surface area contributed by atoms with Crippen LogP contribution in [0.2, 0.25) is 0 Å². The van der Waals surface area contributed by atoms with Gasteiger partial charge in [-0.1, -0.05) is 13.3 Å². The highest BCUT2D eigenvalue weighted by molar-refractivity contribution is 7.80. The van der Waals surface area contributed by atoms with Gasteiger partial charge < -0.3 is 14.8 Å². The van der Waals surface area contributed by atoms with Crippen molar-refractivity contribution in [1.29, 1.82) is 0 Å². The molecule has 1 amide bonds. The predicted molar refractivity (Wildman–Crippen MR) is 89.9 cm³/mol. The third-order valence-electron chi connectivity index (χ3n) is 3.43. The topological polar surface area (TPSA) is 50.8 Å². The van der Waals surface area contributed by atoms with Crippen molar-refractivity contribution in [2.45, 2.75) is 19.8 Å². The molecule has 6 heteroatoms. The Morgan fingerprint density at radius 1 is 1.32 bits per heavy atom. The second kappa shape index (κ2) is 7.26. The number of thiocarbonyl (C=S) groups is 1. The van der Waals surface area contributed by atoms with Crippen molar-refractivity contribution in [1.82, 2.24) is 10.2 Å². The molecule has 0 atom stereocenters. The van der Waals surface area contributed by atoms with Crippen molar-refractivity contribution in [2.24, 2.45) is 0 Å². The zero-order chi connectivity index (χ0) is 16.1. The predicted octanol–water partition coefficient (Wildman–Crippen LogP) is 2.56. The molecule has 118 valence electrons. The standard InChI is InChI=1S/C16H20N2O3S/c1-4-5-8-18-15(19)13(17-16(18)22)10-11-9-12(20-2)6-7-14(11)21-3/h6-7,9-10H,4-5,8H2,1-3H3,(H,17,22)/b13-10+. The average Bonchev–Trinajstić information content (AvgIpc) is 2.79. The van der Waals surface area contributed by atoms with Gasteiger partial charge in [0.25, 0.3) is 5.91 Å². The molecule has 0 spiro atoms. The molecule has 0 aromatic heterocycles. The number of rotatable bonds is 6. The minimum atomic E-state index is -0.108. The van der Waals surface area contributed by atoms with Gasteiger partial charge in [-0.2, -0.15) is 0 Å². The summed E-state index contributed by atoms with van der Waals surface area (Å²) >= 11 is 5.23. The number of carbonyl (C=O) groups excluding carboxylic acids is 1. The highest BCUT2D eigenvalue weighted by Gasteiger charge is 2.30. The van der Waals surface area contributed by atoms with Gasteiger partial charge >= 0.3 is 0 Å². The van der Waals surface area contributed by atoms with Gasteiger partial charge in [0, 0.05) is 12.1 Å². The van der Waals surface area contributed by atoms with Crippen LogP contribution >= 0.6 is 12.2 Å². The fourth-order valence-electron chi connectivity index (χ4n) is 2.20. The van der Waals surface area contributed by atoms with Crippen LogP contribution in [0.3, 0.4) is 0 Å². The van der Waals surface area contributed by atoms with Gasteiger partial charge in [0.2, 0.25) is 0 Å². The second-order valence-corrected chi connectivity index (χ2v) is 5.29. The summed E-state index contributed by atoms with van der Waals surface area (Å²) in [5.41, 5.74) is 1.21. The first-order valence-electron chi connectivity index (χ1n) is 7.17. The Balaban J connectivity index is 2.30. The van der Waals surface area contributed by atoms with E-state index in [1.807, 2.05) is 12.1 Å². The molecule has 1 aromatic carbocycles. The lowest BCUT2D eigenvalue weighted by Crippen LogP contribution is -2.31. The molecule has 22 heavy (non-hydrogen) atoms. The lowest BCUT2D eigenvalue weighted by Gasteiger charge is -2.12. The molecule has 1 heterocycles. The molecule has 0 saturated carbocycles. The molecule has 0 aliphatic carbocycles. The number of carbonyl (C=O) groups is 1.